The summed E-state index contributed by atoms with van der Waals surface area (Å²) in [6, 6.07) is 10.4. The minimum absolute atomic E-state index is 0. The van der Waals surface area contributed by atoms with Gasteiger partial charge in [-0.2, -0.15) is 0 Å². The van der Waals surface area contributed by atoms with E-state index in [0.717, 1.165) is 56.8 Å². The predicted molar refractivity (Wildman–Crippen MR) is 166 cm³/mol. The van der Waals surface area contributed by atoms with Crippen LogP contribution in [0.3, 0.4) is 0 Å². The maximum absolute atomic E-state index is 12.9. The molecule has 3 aromatic rings. The van der Waals surface area contributed by atoms with Crippen LogP contribution in [0.2, 0.25) is 0 Å². The van der Waals surface area contributed by atoms with E-state index in [0.29, 0.717) is 25.5 Å². The Hall–Kier alpha value is -2.82. The van der Waals surface area contributed by atoms with Gasteiger partial charge in [0.05, 0.1) is 13.1 Å². The maximum atomic E-state index is 12.9. The fourth-order valence-electron chi connectivity index (χ4n) is 5.24. The zero-order valence-corrected chi connectivity index (χ0v) is 25.2. The number of amides is 2. The van der Waals surface area contributed by atoms with Gasteiger partial charge in [0.25, 0.3) is 0 Å². The van der Waals surface area contributed by atoms with Crippen molar-refractivity contribution in [2.45, 2.75) is 26.4 Å². The molecule has 0 aliphatic carbocycles. The SMILES string of the molecule is Cc1c(CN(C)C(=O)/C=C/c2cnc3c(c2)CN(CCCN2CCN(C)CC2)CC(=O)N3)sc2ccccc12.Cl. The average molecular weight is 583 g/mol. The fraction of sp³-hybridized carbons (Fsp3) is 0.433. The highest BCUT2D eigenvalue weighted by Gasteiger charge is 2.21. The molecule has 214 valence electrons. The minimum atomic E-state index is -0.0550. The number of thiophene rings is 1. The van der Waals surface area contributed by atoms with Gasteiger partial charge in [0.1, 0.15) is 5.82 Å². The van der Waals surface area contributed by atoms with Crippen LogP contribution in [0.4, 0.5) is 5.82 Å². The second-order valence-corrected chi connectivity index (χ2v) is 11.8. The number of benzene rings is 1. The molecule has 0 unspecified atom stereocenters. The number of hydrogen-bond donors (Lipinski definition) is 1. The van der Waals surface area contributed by atoms with Gasteiger partial charge >= 0.3 is 0 Å². The molecule has 0 atom stereocenters. The maximum Gasteiger partial charge on any atom is 0.246 e. The molecule has 8 nitrogen and oxygen atoms in total. The molecular weight excluding hydrogens is 544 g/mol. The standard InChI is InChI=1S/C30H38N6O2S.ClH/c1-22-25-7-4-5-8-26(25)39-27(22)20-34(3)29(38)10-9-23-17-24-19-36(21-28(37)32-30(24)31-18-23)12-6-11-35-15-13-33(2)14-16-35;/h4-5,7-10,17-18H,6,11-16,19-21H2,1-3H3,(H,31,32,37);1H/b10-9+;. The average Bonchev–Trinajstić information content (AvgIpc) is 3.14. The summed E-state index contributed by atoms with van der Waals surface area (Å²) in [6.07, 6.45) is 6.16. The summed E-state index contributed by atoms with van der Waals surface area (Å²) in [5, 5.41) is 4.20. The fourth-order valence-corrected chi connectivity index (χ4v) is 6.50. The Labute approximate surface area is 247 Å². The first-order valence-corrected chi connectivity index (χ1v) is 14.5. The van der Waals surface area contributed by atoms with Crippen molar-refractivity contribution in [3.8, 4) is 0 Å². The summed E-state index contributed by atoms with van der Waals surface area (Å²) in [7, 11) is 4.01. The monoisotopic (exact) mass is 582 g/mol. The van der Waals surface area contributed by atoms with Crippen LogP contribution < -0.4 is 5.32 Å². The van der Waals surface area contributed by atoms with Gasteiger partial charge in [-0.15, -0.1) is 23.7 Å². The summed E-state index contributed by atoms with van der Waals surface area (Å²) < 4.78 is 1.25. The number of rotatable bonds is 8. The topological polar surface area (TPSA) is 72.0 Å². The van der Waals surface area contributed by atoms with Crippen molar-refractivity contribution < 1.29 is 9.59 Å². The first-order valence-electron chi connectivity index (χ1n) is 13.7. The molecule has 0 saturated carbocycles. The van der Waals surface area contributed by atoms with Crippen LogP contribution in [0.25, 0.3) is 16.2 Å². The molecular formula is C30H39ClN6O2S. The number of nitrogens with zero attached hydrogens (tertiary/aromatic N) is 5. The first kappa shape index (κ1) is 30.1. The number of nitrogens with one attached hydrogen (secondary N) is 1. The van der Waals surface area contributed by atoms with Gasteiger partial charge in [-0.3, -0.25) is 14.5 Å². The van der Waals surface area contributed by atoms with Gasteiger partial charge in [-0.25, -0.2) is 4.98 Å². The lowest BCUT2D eigenvalue weighted by Crippen LogP contribution is -2.45. The van der Waals surface area contributed by atoms with Gasteiger partial charge in [0.15, 0.2) is 0 Å². The van der Waals surface area contributed by atoms with E-state index >= 15 is 0 Å². The highest BCUT2D eigenvalue weighted by Crippen LogP contribution is 2.31. The number of aromatic nitrogens is 1. The van der Waals surface area contributed by atoms with Gasteiger partial charge in [-0.05, 0) is 61.7 Å². The number of pyridine rings is 1. The molecule has 1 N–H and O–H groups in total. The van der Waals surface area contributed by atoms with Crippen LogP contribution in [0, 0.1) is 6.92 Å². The Bertz CT molecular complexity index is 1370. The third kappa shape index (κ3) is 7.47. The summed E-state index contributed by atoms with van der Waals surface area (Å²) in [5.74, 6) is 0.528. The number of aryl methyl sites for hydroxylation is 1. The number of likely N-dealkylation sites (N-methyl/N-ethyl adjacent to an activating group) is 2. The van der Waals surface area contributed by atoms with Crippen LogP contribution in [0.15, 0.2) is 42.6 Å². The molecule has 2 aliphatic rings. The molecule has 4 heterocycles. The summed E-state index contributed by atoms with van der Waals surface area (Å²) in [5.41, 5.74) is 3.07. The summed E-state index contributed by atoms with van der Waals surface area (Å²) in [4.78, 5) is 39.9. The van der Waals surface area contributed by atoms with Gasteiger partial charge < -0.3 is 20.0 Å². The number of carbonyl (C=O) groups is 2. The Morgan fingerprint density at radius 2 is 1.88 bits per heavy atom. The van der Waals surface area contributed by atoms with E-state index in [9.17, 15) is 9.59 Å². The van der Waals surface area contributed by atoms with Gasteiger partial charge in [0.2, 0.25) is 11.8 Å². The molecule has 0 radical (unpaired) electrons. The molecule has 1 saturated heterocycles. The predicted octanol–water partition coefficient (Wildman–Crippen LogP) is 4.09. The number of fused-ring (bicyclic) bond motifs is 2. The summed E-state index contributed by atoms with van der Waals surface area (Å²) >= 11 is 1.74. The van der Waals surface area contributed by atoms with E-state index in [1.165, 1.54) is 20.5 Å². The first-order chi connectivity index (χ1) is 18.9. The number of halogens is 1. The second kappa shape index (κ2) is 13.7. The Kier molecular flexibility index (Phi) is 10.3. The van der Waals surface area contributed by atoms with E-state index in [1.54, 1.807) is 28.5 Å². The summed E-state index contributed by atoms with van der Waals surface area (Å²) in [6.45, 7) is 10.1. The lowest BCUT2D eigenvalue weighted by Gasteiger charge is -2.32. The van der Waals surface area contributed by atoms with E-state index < -0.39 is 0 Å². The third-order valence-electron chi connectivity index (χ3n) is 7.67. The molecule has 2 amide bonds. The Morgan fingerprint density at radius 1 is 1.12 bits per heavy atom. The van der Waals surface area contributed by atoms with Crippen molar-refractivity contribution in [2.75, 3.05) is 65.2 Å². The third-order valence-corrected chi connectivity index (χ3v) is 8.93. The number of piperazine rings is 1. The molecule has 10 heteroatoms. The molecule has 1 fully saturated rings. The quantitative estimate of drug-likeness (QED) is 0.404. The second-order valence-electron chi connectivity index (χ2n) is 10.7. The van der Waals surface area contributed by atoms with Crippen LogP contribution >= 0.6 is 23.7 Å². The van der Waals surface area contributed by atoms with E-state index in [-0.39, 0.29) is 24.2 Å². The van der Waals surface area contributed by atoms with E-state index in [4.69, 9.17) is 0 Å². The van der Waals surface area contributed by atoms with Crippen molar-refractivity contribution >= 4 is 57.5 Å². The molecule has 0 bridgehead atoms. The van der Waals surface area contributed by atoms with Crippen molar-refractivity contribution in [1.29, 1.82) is 0 Å². The molecule has 1 aromatic carbocycles. The lowest BCUT2D eigenvalue weighted by atomic mass is 10.1. The molecule has 2 aliphatic heterocycles. The van der Waals surface area contributed by atoms with Crippen LogP contribution in [-0.4, -0.2) is 96.3 Å². The molecule has 40 heavy (non-hydrogen) atoms. The highest BCUT2D eigenvalue weighted by molar-refractivity contribution is 7.19. The zero-order chi connectivity index (χ0) is 27.4. The number of anilines is 1. The zero-order valence-electron chi connectivity index (χ0n) is 23.6. The number of hydrogen-bond acceptors (Lipinski definition) is 7. The Balaban J connectivity index is 0.00000370. The van der Waals surface area contributed by atoms with Crippen LogP contribution in [0.1, 0.15) is 28.0 Å². The van der Waals surface area contributed by atoms with Crippen molar-refractivity contribution in [3.63, 3.8) is 0 Å². The van der Waals surface area contributed by atoms with Gasteiger partial charge in [0, 0.05) is 73.7 Å². The van der Waals surface area contributed by atoms with Gasteiger partial charge in [-0.1, -0.05) is 18.2 Å². The van der Waals surface area contributed by atoms with Crippen LogP contribution in [0.5, 0.6) is 0 Å². The number of carbonyl (C=O) groups excluding carboxylic acids is 2. The van der Waals surface area contributed by atoms with Crippen molar-refractivity contribution in [1.82, 2.24) is 24.6 Å². The lowest BCUT2D eigenvalue weighted by molar-refractivity contribution is -0.125. The van der Waals surface area contributed by atoms with Crippen LogP contribution in [-0.2, 0) is 22.7 Å². The smallest absolute Gasteiger partial charge is 0.246 e. The largest absolute Gasteiger partial charge is 0.337 e. The molecule has 5 rings (SSSR count). The minimum Gasteiger partial charge on any atom is -0.337 e. The Morgan fingerprint density at radius 3 is 2.65 bits per heavy atom. The molecule has 0 spiro atoms. The highest BCUT2D eigenvalue weighted by atomic mass is 35.5. The van der Waals surface area contributed by atoms with E-state index in [2.05, 4.69) is 57.2 Å². The molecule has 2 aromatic heterocycles. The van der Waals surface area contributed by atoms with Crippen molar-refractivity contribution in [3.05, 3.63) is 64.2 Å². The van der Waals surface area contributed by atoms with E-state index in [1.807, 2.05) is 25.3 Å². The normalized spacial score (nSPS) is 16.9. The van der Waals surface area contributed by atoms with Crippen molar-refractivity contribution in [2.24, 2.45) is 0 Å².